The molecule has 0 aliphatic heterocycles. The Bertz CT molecular complexity index is 409. The third-order valence-corrected chi connectivity index (χ3v) is 3.89. The molecule has 0 atom stereocenters. The van der Waals surface area contributed by atoms with E-state index in [1.165, 1.54) is 25.7 Å². The number of hydrogen-bond donors (Lipinski definition) is 1. The zero-order valence-electron chi connectivity index (χ0n) is 10.1. The van der Waals surface area contributed by atoms with Crippen LogP contribution in [-0.4, -0.2) is 17.4 Å². The molecule has 1 aromatic rings. The Labute approximate surface area is 111 Å². The Balaban J connectivity index is 2.02. The van der Waals surface area contributed by atoms with Gasteiger partial charge in [-0.05, 0) is 49.8 Å². The fourth-order valence-corrected chi connectivity index (χ4v) is 2.58. The predicted octanol–water partition coefficient (Wildman–Crippen LogP) is 4.15. The Hall–Kier alpha value is -0.830. The number of nitrogens with zero attached hydrogens (tertiary/aromatic N) is 1. The number of benzene rings is 1. The van der Waals surface area contributed by atoms with E-state index >= 15 is 0 Å². The molecule has 2 nitrogen and oxygen atoms in total. The van der Waals surface area contributed by atoms with Crippen molar-refractivity contribution < 1.29 is 5.11 Å². The van der Waals surface area contributed by atoms with E-state index in [4.69, 9.17) is 0 Å². The smallest absolute Gasteiger partial charge is 0.124 e. The van der Waals surface area contributed by atoms with E-state index in [9.17, 15) is 5.11 Å². The van der Waals surface area contributed by atoms with Gasteiger partial charge in [-0.1, -0.05) is 22.9 Å². The minimum Gasteiger partial charge on any atom is -0.507 e. The van der Waals surface area contributed by atoms with Crippen molar-refractivity contribution in [3.8, 4) is 5.75 Å². The monoisotopic (exact) mass is 295 g/mol. The third-order valence-electron chi connectivity index (χ3n) is 3.40. The lowest BCUT2D eigenvalue weighted by molar-refractivity contribution is 0.350. The molecule has 0 heterocycles. The van der Waals surface area contributed by atoms with Gasteiger partial charge in [0.25, 0.3) is 0 Å². The summed E-state index contributed by atoms with van der Waals surface area (Å²) in [5.74, 6) is 1.14. The number of aliphatic imine (C=N–C) groups is 1. The van der Waals surface area contributed by atoms with Crippen molar-refractivity contribution in [2.45, 2.75) is 38.6 Å². The van der Waals surface area contributed by atoms with Crippen LogP contribution in [0.15, 0.2) is 27.7 Å². The molecular weight excluding hydrogens is 278 g/mol. The summed E-state index contributed by atoms with van der Waals surface area (Å²) < 4.78 is 0.967. The highest BCUT2D eigenvalue weighted by molar-refractivity contribution is 9.10. The van der Waals surface area contributed by atoms with E-state index < -0.39 is 0 Å². The normalized spacial score (nSPS) is 25.3. The van der Waals surface area contributed by atoms with Crippen LogP contribution in [0.3, 0.4) is 0 Å². The zero-order chi connectivity index (χ0) is 12.3. The van der Waals surface area contributed by atoms with Crippen molar-refractivity contribution in [3.05, 3.63) is 28.2 Å². The number of halogens is 1. The van der Waals surface area contributed by atoms with Crippen LogP contribution in [0.5, 0.6) is 5.75 Å². The molecule has 0 saturated heterocycles. The van der Waals surface area contributed by atoms with E-state index in [1.807, 2.05) is 12.1 Å². The minimum atomic E-state index is 0.293. The number of phenolic OH excluding ortho intramolecular Hbond substituents is 1. The fraction of sp³-hybridized carbons (Fsp3) is 0.500. The van der Waals surface area contributed by atoms with Crippen LogP contribution in [0.1, 0.15) is 38.2 Å². The molecule has 2 rings (SSSR count). The van der Waals surface area contributed by atoms with E-state index in [-0.39, 0.29) is 0 Å². The van der Waals surface area contributed by atoms with Gasteiger partial charge >= 0.3 is 0 Å². The molecule has 1 saturated carbocycles. The lowest BCUT2D eigenvalue weighted by Crippen LogP contribution is -2.15. The zero-order valence-corrected chi connectivity index (χ0v) is 11.7. The fourth-order valence-electron chi connectivity index (χ4n) is 2.21. The number of rotatable bonds is 2. The second-order valence-electron chi connectivity index (χ2n) is 4.90. The van der Waals surface area contributed by atoms with Crippen molar-refractivity contribution in [2.24, 2.45) is 10.9 Å². The van der Waals surface area contributed by atoms with Gasteiger partial charge in [0, 0.05) is 22.3 Å². The Morgan fingerprint density at radius 1 is 1.29 bits per heavy atom. The molecule has 1 aliphatic rings. The molecule has 0 amide bonds. The van der Waals surface area contributed by atoms with Crippen LogP contribution in [-0.2, 0) is 0 Å². The summed E-state index contributed by atoms with van der Waals surface area (Å²) in [5, 5.41) is 9.69. The molecule has 0 spiro atoms. The van der Waals surface area contributed by atoms with E-state index in [0.717, 1.165) is 16.0 Å². The van der Waals surface area contributed by atoms with Gasteiger partial charge in [0.15, 0.2) is 0 Å². The Kier molecular flexibility index (Phi) is 4.21. The summed E-state index contributed by atoms with van der Waals surface area (Å²) in [7, 11) is 0. The van der Waals surface area contributed by atoms with Crippen LogP contribution in [0.25, 0.3) is 0 Å². The van der Waals surface area contributed by atoms with Gasteiger partial charge in [0.2, 0.25) is 0 Å². The summed E-state index contributed by atoms with van der Waals surface area (Å²) >= 11 is 3.40. The van der Waals surface area contributed by atoms with Gasteiger partial charge in [0.05, 0.1) is 0 Å². The molecule has 1 fully saturated rings. The van der Waals surface area contributed by atoms with Gasteiger partial charge in [-0.2, -0.15) is 0 Å². The third kappa shape index (κ3) is 3.56. The molecule has 17 heavy (non-hydrogen) atoms. The molecule has 1 aromatic carbocycles. The summed E-state index contributed by atoms with van der Waals surface area (Å²) in [6.07, 6.45) is 6.69. The maximum Gasteiger partial charge on any atom is 0.124 e. The van der Waals surface area contributed by atoms with Crippen molar-refractivity contribution in [3.63, 3.8) is 0 Å². The average Bonchev–Trinajstić information content (AvgIpc) is 2.32. The van der Waals surface area contributed by atoms with E-state index in [0.29, 0.717) is 11.8 Å². The predicted molar refractivity (Wildman–Crippen MR) is 74.8 cm³/mol. The highest BCUT2D eigenvalue weighted by Crippen LogP contribution is 2.26. The maximum atomic E-state index is 9.69. The topological polar surface area (TPSA) is 32.6 Å². The van der Waals surface area contributed by atoms with Crippen molar-refractivity contribution >= 4 is 22.1 Å². The Morgan fingerprint density at radius 3 is 2.71 bits per heavy atom. The second-order valence-corrected chi connectivity index (χ2v) is 5.81. The van der Waals surface area contributed by atoms with Gasteiger partial charge < -0.3 is 5.11 Å². The summed E-state index contributed by atoms with van der Waals surface area (Å²) in [6, 6.07) is 5.85. The molecule has 3 heteroatoms. The van der Waals surface area contributed by atoms with E-state index in [2.05, 4.69) is 27.8 Å². The molecular formula is C14H18BrNO. The summed E-state index contributed by atoms with van der Waals surface area (Å²) in [6.45, 7) is 2.31. The van der Waals surface area contributed by atoms with Crippen LogP contribution >= 0.6 is 15.9 Å². The van der Waals surface area contributed by atoms with Crippen LogP contribution in [0.2, 0.25) is 0 Å². The minimum absolute atomic E-state index is 0.293. The van der Waals surface area contributed by atoms with Crippen LogP contribution in [0.4, 0.5) is 0 Å². The number of phenols is 1. The van der Waals surface area contributed by atoms with Gasteiger partial charge in [-0.15, -0.1) is 0 Å². The first-order valence-corrected chi connectivity index (χ1v) is 6.96. The lowest BCUT2D eigenvalue weighted by atomic mass is 9.88. The van der Waals surface area contributed by atoms with E-state index in [1.54, 1.807) is 12.3 Å². The standard InChI is InChI=1S/C14H18BrNO/c1-10-2-5-13(6-3-10)16-9-11-8-12(15)4-7-14(11)17/h4,7-10,13,17H,2-3,5-6H2,1H3. The van der Waals surface area contributed by atoms with Crippen molar-refractivity contribution in [1.29, 1.82) is 0 Å². The number of aromatic hydroxyl groups is 1. The van der Waals surface area contributed by atoms with Gasteiger partial charge in [-0.25, -0.2) is 0 Å². The quantitative estimate of drug-likeness (QED) is 0.817. The summed E-state index contributed by atoms with van der Waals surface area (Å²) in [4.78, 5) is 4.58. The first-order valence-electron chi connectivity index (χ1n) is 6.17. The van der Waals surface area contributed by atoms with Crippen molar-refractivity contribution in [2.75, 3.05) is 0 Å². The Morgan fingerprint density at radius 2 is 2.00 bits per heavy atom. The first kappa shape index (κ1) is 12.6. The molecule has 0 aromatic heterocycles. The lowest BCUT2D eigenvalue weighted by Gasteiger charge is -2.22. The average molecular weight is 296 g/mol. The van der Waals surface area contributed by atoms with Crippen molar-refractivity contribution in [1.82, 2.24) is 0 Å². The SMILES string of the molecule is CC1CCC(N=Cc2cc(Br)ccc2O)CC1. The molecule has 92 valence electrons. The van der Waals surface area contributed by atoms with Crippen LogP contribution < -0.4 is 0 Å². The molecule has 0 unspecified atom stereocenters. The molecule has 0 radical (unpaired) electrons. The molecule has 0 bridgehead atoms. The van der Waals surface area contributed by atoms with Gasteiger partial charge in [-0.3, -0.25) is 4.99 Å². The first-order chi connectivity index (χ1) is 8.15. The second kappa shape index (κ2) is 5.67. The summed E-state index contributed by atoms with van der Waals surface area (Å²) in [5.41, 5.74) is 0.790. The highest BCUT2D eigenvalue weighted by Gasteiger charge is 2.16. The molecule has 1 N–H and O–H groups in total. The maximum absolute atomic E-state index is 9.69. The van der Waals surface area contributed by atoms with Gasteiger partial charge in [0.1, 0.15) is 5.75 Å². The van der Waals surface area contributed by atoms with Crippen LogP contribution in [0, 0.1) is 5.92 Å². The number of hydrogen-bond acceptors (Lipinski definition) is 2. The largest absolute Gasteiger partial charge is 0.507 e. The molecule has 1 aliphatic carbocycles. The highest BCUT2D eigenvalue weighted by atomic mass is 79.9.